The second-order valence-electron chi connectivity index (χ2n) is 21.0. The van der Waals surface area contributed by atoms with Gasteiger partial charge in [0.1, 0.15) is 13.2 Å². The first kappa shape index (κ1) is 66.5. The lowest BCUT2D eigenvalue weighted by atomic mass is 10.0. The van der Waals surface area contributed by atoms with E-state index in [0.717, 1.165) is 51.4 Å². The number of amides is 1. The van der Waals surface area contributed by atoms with Crippen LogP contribution in [-0.2, 0) is 18.4 Å². The maximum atomic E-state index is 13.0. The van der Waals surface area contributed by atoms with Gasteiger partial charge in [-0.3, -0.25) is 13.8 Å². The summed E-state index contributed by atoms with van der Waals surface area (Å²) in [4.78, 5) is 23.3. The van der Waals surface area contributed by atoms with Gasteiger partial charge in [-0.15, -0.1) is 0 Å². The second-order valence-corrected chi connectivity index (χ2v) is 22.5. The molecule has 0 saturated heterocycles. The third-order valence-corrected chi connectivity index (χ3v) is 14.0. The molecule has 0 fully saturated rings. The molecule has 0 aliphatic heterocycles. The van der Waals surface area contributed by atoms with Gasteiger partial charge in [0.15, 0.2) is 0 Å². The number of likely N-dealkylation sites (N-methyl/N-ethyl adjacent to an activating group) is 1. The molecular formula is C59H114N2O6P+. The van der Waals surface area contributed by atoms with Crippen LogP contribution in [0.3, 0.4) is 0 Å². The minimum Gasteiger partial charge on any atom is -0.387 e. The molecule has 9 heteroatoms. The lowest BCUT2D eigenvalue weighted by molar-refractivity contribution is -0.870. The molecule has 3 unspecified atom stereocenters. The van der Waals surface area contributed by atoms with E-state index in [4.69, 9.17) is 9.05 Å². The largest absolute Gasteiger partial charge is 0.472 e. The molecule has 0 rings (SSSR count). The van der Waals surface area contributed by atoms with Crippen molar-refractivity contribution in [2.24, 2.45) is 0 Å². The molecule has 0 aromatic heterocycles. The average molecular weight is 979 g/mol. The number of phosphoric acid groups is 1. The van der Waals surface area contributed by atoms with E-state index in [-0.39, 0.29) is 19.1 Å². The summed E-state index contributed by atoms with van der Waals surface area (Å²) in [6.07, 6.45) is 66.4. The molecule has 3 atom stereocenters. The van der Waals surface area contributed by atoms with Crippen LogP contribution in [0.25, 0.3) is 0 Å². The first-order valence-electron chi connectivity index (χ1n) is 29.0. The maximum Gasteiger partial charge on any atom is 0.472 e. The van der Waals surface area contributed by atoms with Crippen molar-refractivity contribution in [1.82, 2.24) is 5.32 Å². The quantitative estimate of drug-likeness (QED) is 0.0243. The summed E-state index contributed by atoms with van der Waals surface area (Å²) in [6.45, 7) is 4.82. The SMILES string of the molecule is CCCCCCCCCCC/C=C\C/C=C\CCCCCCCCCC(=O)NC(COP(=O)(O)OCC[N+](C)(C)C)C(O)/C=C/CC/C=C/CCCCCCCCCCCCCCCCCCC. The molecule has 0 spiro atoms. The first-order valence-corrected chi connectivity index (χ1v) is 30.5. The third kappa shape index (κ3) is 52.3. The molecule has 0 aromatic rings. The van der Waals surface area contributed by atoms with Gasteiger partial charge < -0.3 is 19.8 Å². The van der Waals surface area contributed by atoms with Gasteiger partial charge in [0, 0.05) is 6.42 Å². The summed E-state index contributed by atoms with van der Waals surface area (Å²) in [5.74, 6) is -0.192. The van der Waals surface area contributed by atoms with Crippen LogP contribution in [0.4, 0.5) is 0 Å². The number of aliphatic hydroxyl groups excluding tert-OH is 1. The second kappa shape index (κ2) is 50.4. The van der Waals surface area contributed by atoms with Crippen molar-refractivity contribution in [3.05, 3.63) is 48.6 Å². The highest BCUT2D eigenvalue weighted by atomic mass is 31.2. The molecule has 1 amide bonds. The molecule has 0 aromatic carbocycles. The van der Waals surface area contributed by atoms with E-state index in [9.17, 15) is 19.4 Å². The van der Waals surface area contributed by atoms with Gasteiger partial charge in [-0.25, -0.2) is 4.57 Å². The number of quaternary nitrogens is 1. The van der Waals surface area contributed by atoms with Crippen LogP contribution in [0.15, 0.2) is 48.6 Å². The van der Waals surface area contributed by atoms with Crippen LogP contribution in [0, 0.1) is 0 Å². The Morgan fingerprint density at radius 3 is 1.26 bits per heavy atom. The average Bonchev–Trinajstić information content (AvgIpc) is 3.30. The number of phosphoric ester groups is 1. The van der Waals surface area contributed by atoms with Gasteiger partial charge in [0.2, 0.25) is 5.91 Å². The van der Waals surface area contributed by atoms with Crippen LogP contribution in [0.1, 0.15) is 271 Å². The Bertz CT molecular complexity index is 1250. The molecule has 0 heterocycles. The number of rotatable bonds is 53. The number of hydrogen-bond acceptors (Lipinski definition) is 5. The smallest absolute Gasteiger partial charge is 0.387 e. The monoisotopic (exact) mass is 978 g/mol. The summed E-state index contributed by atoms with van der Waals surface area (Å²) in [6, 6.07) is -0.869. The summed E-state index contributed by atoms with van der Waals surface area (Å²) in [7, 11) is 1.55. The predicted octanol–water partition coefficient (Wildman–Crippen LogP) is 17.5. The van der Waals surface area contributed by atoms with Crippen LogP contribution < -0.4 is 5.32 Å². The van der Waals surface area contributed by atoms with Crippen LogP contribution in [0.5, 0.6) is 0 Å². The molecule has 0 aliphatic carbocycles. The zero-order valence-electron chi connectivity index (χ0n) is 45.6. The van der Waals surface area contributed by atoms with E-state index >= 15 is 0 Å². The fraction of sp³-hybridized carbons (Fsp3) is 0.847. The molecule has 0 saturated carbocycles. The van der Waals surface area contributed by atoms with E-state index in [1.54, 1.807) is 6.08 Å². The predicted molar refractivity (Wildman–Crippen MR) is 295 cm³/mol. The standard InChI is InChI=1S/C59H113N2O6P/c1-6-8-10-12-14-16-18-20-22-24-26-28-30-32-34-36-38-40-42-44-46-48-50-52-58(62)57(56-67-68(64,65)66-55-54-61(3,4)5)60-59(63)53-51-49-47-45-43-41-39-37-35-33-31-29-27-25-23-21-19-17-15-13-11-9-7-2/h27,29,33,35,42,44,50,52,57-58,62H,6-26,28,30-32,34,36-41,43,45-49,51,53-56H2,1-5H3,(H-,60,63,64,65)/p+1/b29-27-,35-33-,44-42+,52-50+. The number of allylic oxidation sites excluding steroid dienone is 7. The Kier molecular flexibility index (Phi) is 49.3. The summed E-state index contributed by atoms with van der Waals surface area (Å²) >= 11 is 0. The van der Waals surface area contributed by atoms with Gasteiger partial charge in [-0.1, -0.05) is 249 Å². The fourth-order valence-corrected chi connectivity index (χ4v) is 9.18. The maximum absolute atomic E-state index is 13.0. The van der Waals surface area contributed by atoms with Crippen molar-refractivity contribution >= 4 is 13.7 Å². The van der Waals surface area contributed by atoms with Crippen molar-refractivity contribution in [2.45, 2.75) is 283 Å². The molecule has 0 aliphatic rings. The normalized spacial score (nSPS) is 14.3. The summed E-state index contributed by atoms with van der Waals surface area (Å²) in [5, 5.41) is 13.9. The Morgan fingerprint density at radius 1 is 0.500 bits per heavy atom. The van der Waals surface area contributed by atoms with Gasteiger partial charge in [0.25, 0.3) is 0 Å². The van der Waals surface area contributed by atoms with Crippen molar-refractivity contribution in [1.29, 1.82) is 0 Å². The third-order valence-electron chi connectivity index (χ3n) is 13.0. The minimum atomic E-state index is -4.36. The van der Waals surface area contributed by atoms with E-state index in [1.165, 1.54) is 199 Å². The summed E-state index contributed by atoms with van der Waals surface area (Å²) < 4.78 is 23.7. The minimum absolute atomic E-state index is 0.0538. The van der Waals surface area contributed by atoms with Crippen LogP contribution >= 0.6 is 7.82 Å². The first-order chi connectivity index (χ1) is 33.0. The number of unbranched alkanes of at least 4 members (excludes halogenated alkanes) is 34. The number of carbonyl (C=O) groups is 1. The Balaban J connectivity index is 4.28. The number of carbonyl (C=O) groups excluding carboxylic acids is 1. The lowest BCUT2D eigenvalue weighted by Gasteiger charge is -2.25. The number of aliphatic hydroxyl groups is 1. The van der Waals surface area contributed by atoms with Crippen LogP contribution in [0.2, 0.25) is 0 Å². The Hall–Kier alpha value is -1.54. The molecule has 0 bridgehead atoms. The zero-order valence-corrected chi connectivity index (χ0v) is 46.5. The number of nitrogens with one attached hydrogen (secondary N) is 1. The molecule has 8 nitrogen and oxygen atoms in total. The van der Waals surface area contributed by atoms with Crippen molar-refractivity contribution in [3.63, 3.8) is 0 Å². The number of nitrogens with zero attached hydrogens (tertiary/aromatic N) is 1. The van der Waals surface area contributed by atoms with E-state index in [0.29, 0.717) is 17.4 Å². The van der Waals surface area contributed by atoms with Crippen LogP contribution in [-0.4, -0.2) is 73.4 Å². The van der Waals surface area contributed by atoms with E-state index in [1.807, 2.05) is 27.2 Å². The van der Waals surface area contributed by atoms with Gasteiger partial charge in [-0.2, -0.15) is 0 Å². The fourth-order valence-electron chi connectivity index (χ4n) is 8.44. The number of hydrogen-bond donors (Lipinski definition) is 3. The van der Waals surface area contributed by atoms with E-state index in [2.05, 4.69) is 55.6 Å². The van der Waals surface area contributed by atoms with Gasteiger partial charge in [-0.05, 0) is 64.2 Å². The van der Waals surface area contributed by atoms with Gasteiger partial charge >= 0.3 is 7.82 Å². The highest BCUT2D eigenvalue weighted by molar-refractivity contribution is 7.47. The lowest BCUT2D eigenvalue weighted by Crippen LogP contribution is -2.45. The highest BCUT2D eigenvalue weighted by Gasteiger charge is 2.27. The molecule has 68 heavy (non-hydrogen) atoms. The molecule has 0 radical (unpaired) electrons. The van der Waals surface area contributed by atoms with Crippen molar-refractivity contribution in [2.75, 3.05) is 40.9 Å². The Morgan fingerprint density at radius 2 is 0.853 bits per heavy atom. The Labute approximate surface area is 422 Å². The molecule has 400 valence electrons. The topological polar surface area (TPSA) is 105 Å². The van der Waals surface area contributed by atoms with Crippen molar-refractivity contribution < 1.29 is 32.9 Å². The van der Waals surface area contributed by atoms with E-state index < -0.39 is 20.0 Å². The summed E-state index contributed by atoms with van der Waals surface area (Å²) in [5.41, 5.74) is 0. The van der Waals surface area contributed by atoms with Gasteiger partial charge in [0.05, 0.1) is 39.9 Å². The molecule has 3 N–H and O–H groups in total. The molecular weight excluding hydrogens is 864 g/mol. The van der Waals surface area contributed by atoms with Crippen molar-refractivity contribution in [3.8, 4) is 0 Å². The highest BCUT2D eigenvalue weighted by Crippen LogP contribution is 2.43. The zero-order chi connectivity index (χ0) is 49.9.